The van der Waals surface area contributed by atoms with Crippen molar-refractivity contribution in [3.05, 3.63) is 66.4 Å². The van der Waals surface area contributed by atoms with Crippen molar-refractivity contribution >= 4 is 78.4 Å². The Balaban J connectivity index is 1.45. The number of halogens is 3. The van der Waals surface area contributed by atoms with Crippen molar-refractivity contribution in [3.8, 4) is 5.75 Å². The molecule has 3 amide bonds. The molecule has 2 aromatic rings. The number of hydrogen-bond acceptors (Lipinski definition) is 5. The van der Waals surface area contributed by atoms with Crippen molar-refractivity contribution in [1.29, 1.82) is 0 Å². The van der Waals surface area contributed by atoms with Gasteiger partial charge in [-0.05, 0) is 86.3 Å². The average Bonchev–Trinajstić information content (AvgIpc) is 3.01. The summed E-state index contributed by atoms with van der Waals surface area (Å²) in [4.78, 5) is 41.2. The van der Waals surface area contributed by atoms with E-state index in [1.165, 1.54) is 0 Å². The highest BCUT2D eigenvalue weighted by atomic mass is 79.9. The fraction of sp³-hybridized carbons (Fsp3) is 0.320. The second-order valence-electron chi connectivity index (χ2n) is 8.26. The summed E-state index contributed by atoms with van der Waals surface area (Å²) in [5.41, 5.74) is 1.57. The van der Waals surface area contributed by atoms with Crippen molar-refractivity contribution in [2.45, 2.75) is 32.3 Å². The molecule has 0 spiro atoms. The summed E-state index contributed by atoms with van der Waals surface area (Å²) in [6.45, 7) is 1.43. The molecular weight excluding hydrogens is 620 g/mol. The molecule has 2 fully saturated rings. The third kappa shape index (κ3) is 6.50. The summed E-state index contributed by atoms with van der Waals surface area (Å²) >= 11 is 14.1. The molecule has 2 aliphatic rings. The summed E-state index contributed by atoms with van der Waals surface area (Å²) in [6.07, 6.45) is 5.76. The molecule has 35 heavy (non-hydrogen) atoms. The van der Waals surface area contributed by atoms with Crippen LogP contribution in [0.1, 0.15) is 36.8 Å². The number of hydrogen-bond donors (Lipinski definition) is 0. The molecule has 0 bridgehead atoms. The minimum absolute atomic E-state index is 0.180. The Morgan fingerprint density at radius 3 is 2.37 bits per heavy atom. The Kier molecular flexibility index (Phi) is 8.97. The van der Waals surface area contributed by atoms with Crippen LogP contribution in [0, 0.1) is 0 Å². The van der Waals surface area contributed by atoms with Gasteiger partial charge in [-0.25, -0.2) is 0 Å². The van der Waals surface area contributed by atoms with E-state index in [-0.39, 0.29) is 17.4 Å². The second kappa shape index (κ2) is 12.0. The van der Waals surface area contributed by atoms with Gasteiger partial charge >= 0.3 is 0 Å². The number of ether oxygens (including phenoxy) is 1. The van der Waals surface area contributed by atoms with Gasteiger partial charge < -0.3 is 9.64 Å². The van der Waals surface area contributed by atoms with E-state index in [1.807, 2.05) is 36.4 Å². The first-order chi connectivity index (χ1) is 16.8. The number of benzene rings is 2. The maximum atomic E-state index is 12.9. The lowest BCUT2D eigenvalue weighted by Crippen LogP contribution is -2.42. The molecule has 4 rings (SSSR count). The summed E-state index contributed by atoms with van der Waals surface area (Å²) in [5.74, 6) is -0.0337. The molecule has 0 aromatic heterocycles. The number of likely N-dealkylation sites (tertiary alicyclic amines) is 1. The van der Waals surface area contributed by atoms with E-state index in [2.05, 4.69) is 31.9 Å². The number of carbonyl (C=O) groups excluding carboxylic acids is 3. The molecule has 184 valence electrons. The summed E-state index contributed by atoms with van der Waals surface area (Å²) in [6, 6.07) is 11.1. The molecule has 0 unspecified atom stereocenters. The largest absolute Gasteiger partial charge is 0.486 e. The predicted octanol–water partition coefficient (Wildman–Crippen LogP) is 6.88. The van der Waals surface area contributed by atoms with E-state index < -0.39 is 11.1 Å². The molecule has 2 aliphatic heterocycles. The number of nitrogens with zero attached hydrogens (tertiary/aromatic N) is 2. The fourth-order valence-corrected chi connectivity index (χ4v) is 6.39. The number of carbonyl (C=O) groups is 3. The van der Waals surface area contributed by atoms with Crippen LogP contribution < -0.4 is 4.74 Å². The molecule has 0 radical (unpaired) electrons. The van der Waals surface area contributed by atoms with Crippen LogP contribution in [0.25, 0.3) is 6.08 Å². The van der Waals surface area contributed by atoms with Crippen molar-refractivity contribution in [2.24, 2.45) is 0 Å². The Hall–Kier alpha value is -1.81. The smallest absolute Gasteiger partial charge is 0.294 e. The van der Waals surface area contributed by atoms with E-state index in [0.29, 0.717) is 45.0 Å². The molecule has 6 nitrogen and oxygen atoms in total. The van der Waals surface area contributed by atoms with Gasteiger partial charge in [0.25, 0.3) is 11.1 Å². The highest BCUT2D eigenvalue weighted by molar-refractivity contribution is 9.11. The molecule has 0 atom stereocenters. The maximum Gasteiger partial charge on any atom is 0.294 e. The van der Waals surface area contributed by atoms with Crippen molar-refractivity contribution < 1.29 is 19.1 Å². The third-order valence-electron chi connectivity index (χ3n) is 5.77. The number of rotatable bonds is 6. The van der Waals surface area contributed by atoms with Gasteiger partial charge in [-0.3, -0.25) is 19.3 Å². The quantitative estimate of drug-likeness (QED) is 0.322. The first-order valence-electron chi connectivity index (χ1n) is 11.2. The normalized spacial score (nSPS) is 17.7. The second-order valence-corrected chi connectivity index (χ2v) is 11.4. The number of imide groups is 1. The molecule has 0 aliphatic carbocycles. The Labute approximate surface area is 230 Å². The zero-order valence-electron chi connectivity index (χ0n) is 18.8. The summed E-state index contributed by atoms with van der Waals surface area (Å²) in [7, 11) is 0. The van der Waals surface area contributed by atoms with Crippen LogP contribution in [0.15, 0.2) is 50.2 Å². The Morgan fingerprint density at radius 2 is 1.71 bits per heavy atom. The Morgan fingerprint density at radius 1 is 1.06 bits per heavy atom. The van der Waals surface area contributed by atoms with Crippen LogP contribution in [-0.2, 0) is 16.2 Å². The standard InChI is InChI=1S/C25H23Br2ClN2O4S/c26-18-11-16(12-19(27)23(18)34-15-17-7-3-4-8-20(17)28)13-21-24(32)30(25(33)35-21)14-22(31)29-9-5-1-2-6-10-29/h3-4,7-8,11-13H,1-2,5-6,9-10,14-15H2. The van der Waals surface area contributed by atoms with Gasteiger partial charge in [-0.2, -0.15) is 0 Å². The van der Waals surface area contributed by atoms with Crippen LogP contribution in [0.3, 0.4) is 0 Å². The first kappa shape index (κ1) is 26.3. The van der Waals surface area contributed by atoms with E-state index in [0.717, 1.165) is 47.9 Å². The topological polar surface area (TPSA) is 66.9 Å². The van der Waals surface area contributed by atoms with Crippen LogP contribution in [0.2, 0.25) is 5.02 Å². The van der Waals surface area contributed by atoms with Crippen LogP contribution in [0.4, 0.5) is 4.79 Å². The van der Waals surface area contributed by atoms with E-state index in [4.69, 9.17) is 16.3 Å². The van der Waals surface area contributed by atoms with Crippen molar-refractivity contribution in [2.75, 3.05) is 19.6 Å². The zero-order chi connectivity index (χ0) is 24.9. The average molecular weight is 643 g/mol. The lowest BCUT2D eigenvalue weighted by atomic mass is 10.2. The number of thioether (sulfide) groups is 1. The van der Waals surface area contributed by atoms with Gasteiger partial charge in [-0.1, -0.05) is 42.6 Å². The fourth-order valence-electron chi connectivity index (χ4n) is 3.91. The first-order valence-corrected chi connectivity index (χ1v) is 14.0. The SMILES string of the molecule is O=C(CN1C(=O)SC(=Cc2cc(Br)c(OCc3ccccc3Cl)c(Br)c2)C1=O)N1CCCCCC1. The predicted molar refractivity (Wildman–Crippen MR) is 145 cm³/mol. The van der Waals surface area contributed by atoms with Crippen LogP contribution in [-0.4, -0.2) is 46.5 Å². The van der Waals surface area contributed by atoms with Gasteiger partial charge in [0.05, 0.1) is 13.9 Å². The molecule has 0 saturated carbocycles. The molecule has 2 heterocycles. The molecule has 2 saturated heterocycles. The van der Waals surface area contributed by atoms with Crippen LogP contribution in [0.5, 0.6) is 5.75 Å². The highest BCUT2D eigenvalue weighted by Crippen LogP contribution is 2.38. The van der Waals surface area contributed by atoms with E-state index >= 15 is 0 Å². The van der Waals surface area contributed by atoms with Gasteiger partial charge in [0.2, 0.25) is 5.91 Å². The monoisotopic (exact) mass is 640 g/mol. The molecule has 2 aromatic carbocycles. The lowest BCUT2D eigenvalue weighted by molar-refractivity contribution is -0.135. The van der Waals surface area contributed by atoms with E-state index in [1.54, 1.807) is 11.0 Å². The minimum atomic E-state index is -0.450. The Bertz CT molecular complexity index is 1160. The zero-order valence-corrected chi connectivity index (χ0v) is 23.5. The van der Waals surface area contributed by atoms with Gasteiger partial charge in [0.1, 0.15) is 18.9 Å². The van der Waals surface area contributed by atoms with Crippen molar-refractivity contribution in [3.63, 3.8) is 0 Å². The minimum Gasteiger partial charge on any atom is -0.486 e. The van der Waals surface area contributed by atoms with Crippen molar-refractivity contribution in [1.82, 2.24) is 9.80 Å². The summed E-state index contributed by atoms with van der Waals surface area (Å²) in [5, 5.41) is 0.198. The van der Waals surface area contributed by atoms with Gasteiger partial charge in [0, 0.05) is 23.7 Å². The summed E-state index contributed by atoms with van der Waals surface area (Å²) < 4.78 is 7.31. The maximum absolute atomic E-state index is 12.9. The lowest BCUT2D eigenvalue weighted by Gasteiger charge is -2.22. The number of amides is 3. The van der Waals surface area contributed by atoms with Gasteiger partial charge in [0.15, 0.2) is 0 Å². The third-order valence-corrected chi connectivity index (χ3v) is 8.23. The molecule has 0 N–H and O–H groups in total. The molecular formula is C25H23Br2ClN2O4S. The van der Waals surface area contributed by atoms with Gasteiger partial charge in [-0.15, -0.1) is 0 Å². The van der Waals surface area contributed by atoms with Crippen LogP contribution >= 0.6 is 55.2 Å². The molecule has 10 heteroatoms. The highest BCUT2D eigenvalue weighted by Gasteiger charge is 2.37. The van der Waals surface area contributed by atoms with E-state index in [9.17, 15) is 14.4 Å².